The summed E-state index contributed by atoms with van der Waals surface area (Å²) in [5.41, 5.74) is 7.56. The predicted octanol–water partition coefficient (Wildman–Crippen LogP) is 4.98. The Morgan fingerprint density at radius 3 is 2.51 bits per heavy atom. The van der Waals surface area contributed by atoms with E-state index in [4.69, 9.17) is 4.74 Å². The Morgan fingerprint density at radius 1 is 1.00 bits per heavy atom. The average molecular weight is 664 g/mol. The normalized spacial score (nSPS) is 17.2. The molecule has 3 aliphatic rings. The molecular weight excluding hydrogens is 618 g/mol. The number of hydrogen-bond donors (Lipinski definition) is 1. The molecule has 11 heteroatoms. The number of benzene rings is 1. The van der Waals surface area contributed by atoms with E-state index in [1.165, 1.54) is 22.7 Å². The molecule has 5 heterocycles. The topological polar surface area (TPSA) is 105 Å². The zero-order chi connectivity index (χ0) is 34.4. The van der Waals surface area contributed by atoms with Gasteiger partial charge in [0.2, 0.25) is 0 Å². The van der Waals surface area contributed by atoms with Crippen molar-refractivity contribution in [2.24, 2.45) is 12.5 Å². The number of hydrogen-bond acceptors (Lipinski definition) is 8. The van der Waals surface area contributed by atoms with Crippen molar-refractivity contribution in [2.75, 3.05) is 54.4 Å². The van der Waals surface area contributed by atoms with Crippen LogP contribution in [0.25, 0.3) is 11.1 Å². The van der Waals surface area contributed by atoms with Gasteiger partial charge in [-0.25, -0.2) is 4.98 Å². The monoisotopic (exact) mass is 663 g/mol. The number of carbonyl (C=O) groups excluding carboxylic acids is 2. The highest BCUT2D eigenvalue weighted by molar-refractivity contribution is 6.07. The van der Waals surface area contributed by atoms with E-state index in [1.807, 2.05) is 36.5 Å². The van der Waals surface area contributed by atoms with Crippen molar-refractivity contribution < 1.29 is 14.3 Å². The number of carbonyl (C=O) groups is 2. The maximum atomic E-state index is 14.1. The molecule has 7 rings (SSSR count). The first-order valence-electron chi connectivity index (χ1n) is 17.2. The summed E-state index contributed by atoms with van der Waals surface area (Å²) in [6.45, 7) is 14.3. The van der Waals surface area contributed by atoms with Crippen LogP contribution in [0.3, 0.4) is 0 Å². The average Bonchev–Trinajstić information content (AvgIpc) is 3.58. The maximum absolute atomic E-state index is 14.1. The van der Waals surface area contributed by atoms with E-state index < -0.39 is 5.97 Å². The van der Waals surface area contributed by atoms with Crippen molar-refractivity contribution in [1.29, 1.82) is 0 Å². The minimum atomic E-state index is -0.414. The van der Waals surface area contributed by atoms with Gasteiger partial charge in [0.1, 0.15) is 23.8 Å². The van der Waals surface area contributed by atoms with E-state index in [0.717, 1.165) is 62.4 Å². The molecule has 1 N–H and O–H groups in total. The van der Waals surface area contributed by atoms with E-state index in [0.29, 0.717) is 41.5 Å². The smallest absolute Gasteiger partial charge is 0.302 e. The lowest BCUT2D eigenvalue weighted by Gasteiger charge is -2.35. The standard InChI is InChI=1S/C38H45N7O4/c1-6-42-12-14-43(15-13-42)28-10-11-35(39-22-28)40-31-18-27(23-41(5)36(31)47)29-8-7-9-32(30(29)24-49-25(2)46)45-17-16-44-33(37(45)48)19-26-20-38(3,4)21-34(26)44/h7-11,18-19,22-23H,6,12-17,20-21,24H2,1-5H3,(H,39,40). The van der Waals surface area contributed by atoms with Gasteiger partial charge in [0, 0.05) is 76.3 Å². The summed E-state index contributed by atoms with van der Waals surface area (Å²) < 4.78 is 9.29. The minimum Gasteiger partial charge on any atom is -0.461 e. The van der Waals surface area contributed by atoms with Crippen molar-refractivity contribution in [3.05, 3.63) is 87.7 Å². The van der Waals surface area contributed by atoms with Crippen LogP contribution in [-0.2, 0) is 42.6 Å². The van der Waals surface area contributed by atoms with Gasteiger partial charge in [-0.05, 0) is 66.3 Å². The molecule has 256 valence electrons. The summed E-state index contributed by atoms with van der Waals surface area (Å²) in [5.74, 6) is 0.0868. The fourth-order valence-electron chi connectivity index (χ4n) is 7.62. The first-order valence-corrected chi connectivity index (χ1v) is 17.2. The number of nitrogens with zero attached hydrogens (tertiary/aromatic N) is 6. The van der Waals surface area contributed by atoms with Crippen molar-refractivity contribution in [3.8, 4) is 11.1 Å². The Hall–Kier alpha value is -4.90. The number of amides is 1. The molecular formula is C38H45N7O4. The molecule has 0 saturated carbocycles. The number of pyridine rings is 2. The molecule has 0 radical (unpaired) electrons. The largest absolute Gasteiger partial charge is 0.461 e. The van der Waals surface area contributed by atoms with Crippen LogP contribution in [0.4, 0.5) is 22.9 Å². The Bertz CT molecular complexity index is 1970. The third kappa shape index (κ3) is 6.35. The predicted molar refractivity (Wildman–Crippen MR) is 192 cm³/mol. The number of esters is 1. The van der Waals surface area contributed by atoms with E-state index >= 15 is 0 Å². The van der Waals surface area contributed by atoms with Crippen LogP contribution < -0.4 is 20.7 Å². The molecule has 0 unspecified atom stereocenters. The third-order valence-corrected chi connectivity index (χ3v) is 10.2. The highest BCUT2D eigenvalue weighted by atomic mass is 16.5. The molecule has 49 heavy (non-hydrogen) atoms. The number of rotatable bonds is 8. The first-order chi connectivity index (χ1) is 23.5. The van der Waals surface area contributed by atoms with Crippen LogP contribution in [0.5, 0.6) is 0 Å². The molecule has 4 aromatic rings. The SMILES string of the molecule is CCN1CCN(c2ccc(Nc3cc(-c4cccc(N5CCn6c(cc7c6CC(C)(C)C7)C5=O)c4COC(C)=O)cn(C)c3=O)nc2)CC1. The van der Waals surface area contributed by atoms with Crippen LogP contribution in [0, 0.1) is 5.41 Å². The van der Waals surface area contributed by atoms with Gasteiger partial charge in [-0.2, -0.15) is 0 Å². The molecule has 1 amide bonds. The molecule has 0 spiro atoms. The quantitative estimate of drug-likeness (QED) is 0.263. The van der Waals surface area contributed by atoms with Gasteiger partial charge >= 0.3 is 5.97 Å². The molecule has 1 aromatic carbocycles. The molecule has 0 atom stereocenters. The Kier molecular flexibility index (Phi) is 8.56. The second kappa shape index (κ2) is 12.9. The lowest BCUT2D eigenvalue weighted by atomic mass is 9.90. The van der Waals surface area contributed by atoms with Gasteiger partial charge in [-0.1, -0.05) is 32.9 Å². The Labute approximate surface area is 287 Å². The molecule has 0 bridgehead atoms. The van der Waals surface area contributed by atoms with Crippen molar-refractivity contribution >= 4 is 34.8 Å². The van der Waals surface area contributed by atoms with Gasteiger partial charge < -0.3 is 33.9 Å². The number of piperazine rings is 1. The first kappa shape index (κ1) is 32.6. The van der Waals surface area contributed by atoms with Crippen molar-refractivity contribution in [2.45, 2.75) is 53.7 Å². The van der Waals surface area contributed by atoms with Gasteiger partial charge in [0.05, 0.1) is 17.6 Å². The molecule has 3 aromatic heterocycles. The number of fused-ring (bicyclic) bond motifs is 3. The molecule has 11 nitrogen and oxygen atoms in total. The number of likely N-dealkylation sites (N-methyl/N-ethyl adjacent to an activating group) is 1. The van der Waals surface area contributed by atoms with Gasteiger partial charge in [0.25, 0.3) is 11.5 Å². The highest BCUT2D eigenvalue weighted by Gasteiger charge is 2.37. The Morgan fingerprint density at radius 2 is 1.80 bits per heavy atom. The number of aromatic nitrogens is 3. The van der Waals surface area contributed by atoms with E-state index in [1.54, 1.807) is 24.2 Å². The summed E-state index contributed by atoms with van der Waals surface area (Å²) in [4.78, 5) is 50.7. The molecule has 1 aliphatic carbocycles. The lowest BCUT2D eigenvalue weighted by molar-refractivity contribution is -0.142. The second-order valence-corrected chi connectivity index (χ2v) is 14.2. The lowest BCUT2D eigenvalue weighted by Crippen LogP contribution is -2.46. The minimum absolute atomic E-state index is 0.0164. The summed E-state index contributed by atoms with van der Waals surface area (Å²) >= 11 is 0. The van der Waals surface area contributed by atoms with Gasteiger partial charge in [-0.3, -0.25) is 14.4 Å². The van der Waals surface area contributed by atoms with Crippen LogP contribution in [0.1, 0.15) is 55.0 Å². The molecule has 1 fully saturated rings. The summed E-state index contributed by atoms with van der Waals surface area (Å²) in [7, 11) is 1.71. The van der Waals surface area contributed by atoms with Crippen molar-refractivity contribution in [3.63, 3.8) is 0 Å². The highest BCUT2D eigenvalue weighted by Crippen LogP contribution is 2.40. The molecule has 1 saturated heterocycles. The van der Waals surface area contributed by atoms with Crippen LogP contribution in [0.2, 0.25) is 0 Å². The third-order valence-electron chi connectivity index (χ3n) is 10.2. The summed E-state index contributed by atoms with van der Waals surface area (Å²) in [5, 5.41) is 3.24. The van der Waals surface area contributed by atoms with E-state index in [-0.39, 0.29) is 23.5 Å². The van der Waals surface area contributed by atoms with E-state index in [2.05, 4.69) is 51.5 Å². The molecule has 2 aliphatic heterocycles. The Balaban J connectivity index is 1.19. The van der Waals surface area contributed by atoms with Crippen LogP contribution in [-0.4, -0.2) is 70.2 Å². The number of anilines is 4. The fraction of sp³-hybridized carbons (Fsp3) is 0.421. The van der Waals surface area contributed by atoms with Gasteiger partial charge in [0.15, 0.2) is 0 Å². The maximum Gasteiger partial charge on any atom is 0.302 e. The zero-order valence-corrected chi connectivity index (χ0v) is 29.1. The zero-order valence-electron chi connectivity index (χ0n) is 29.1. The fourth-order valence-corrected chi connectivity index (χ4v) is 7.62. The van der Waals surface area contributed by atoms with Crippen LogP contribution in [0.15, 0.2) is 59.7 Å². The van der Waals surface area contributed by atoms with Gasteiger partial charge in [-0.15, -0.1) is 0 Å². The summed E-state index contributed by atoms with van der Waals surface area (Å²) in [6.07, 6.45) is 5.54. The van der Waals surface area contributed by atoms with Crippen LogP contribution >= 0.6 is 0 Å². The van der Waals surface area contributed by atoms with Crippen molar-refractivity contribution in [1.82, 2.24) is 19.0 Å². The number of aryl methyl sites for hydroxylation is 1. The van der Waals surface area contributed by atoms with E-state index in [9.17, 15) is 14.4 Å². The number of nitrogens with one attached hydrogen (secondary N) is 1. The second-order valence-electron chi connectivity index (χ2n) is 14.2. The number of ether oxygens (including phenoxy) is 1. The summed E-state index contributed by atoms with van der Waals surface area (Å²) in [6, 6.07) is 13.5.